The molecule has 0 saturated heterocycles. The molecule has 0 radical (unpaired) electrons. The average Bonchev–Trinajstić information content (AvgIpc) is 2.40. The molecule has 2 aromatic rings. The molecule has 1 atom stereocenters. The molecule has 0 spiro atoms. The number of hydrogen-bond donors (Lipinski definition) is 1. The summed E-state index contributed by atoms with van der Waals surface area (Å²) in [4.78, 5) is 0. The fourth-order valence-electron chi connectivity index (χ4n) is 2.24. The number of nitrogens with one attached hydrogen (secondary N) is 1. The standard InChI is InChI=1S/C16H15N/c1-2-9-14(10-3-1)17-16-12-6-8-13-7-4-5-11-15(13)16/h1-9,11-12,14,17H,10H2. The molecule has 0 aromatic heterocycles. The van der Waals surface area contributed by atoms with Crippen molar-refractivity contribution < 1.29 is 0 Å². The zero-order chi connectivity index (χ0) is 11.5. The molecule has 0 heterocycles. The summed E-state index contributed by atoms with van der Waals surface area (Å²) in [6, 6.07) is 15.3. The Morgan fingerprint density at radius 3 is 2.71 bits per heavy atom. The van der Waals surface area contributed by atoms with E-state index in [4.69, 9.17) is 0 Å². The Hall–Kier alpha value is -2.02. The fraction of sp³-hybridized carbons (Fsp3) is 0.125. The summed E-state index contributed by atoms with van der Waals surface area (Å²) >= 11 is 0. The lowest BCUT2D eigenvalue weighted by Crippen LogP contribution is -2.16. The maximum atomic E-state index is 3.59. The highest BCUT2D eigenvalue weighted by Gasteiger charge is 2.06. The van der Waals surface area contributed by atoms with Gasteiger partial charge >= 0.3 is 0 Å². The van der Waals surface area contributed by atoms with Gasteiger partial charge in [-0.3, -0.25) is 0 Å². The summed E-state index contributed by atoms with van der Waals surface area (Å²) in [5, 5.41) is 6.16. The van der Waals surface area contributed by atoms with Gasteiger partial charge in [0.15, 0.2) is 0 Å². The number of fused-ring (bicyclic) bond motifs is 1. The maximum Gasteiger partial charge on any atom is 0.0482 e. The smallest absolute Gasteiger partial charge is 0.0482 e. The lowest BCUT2D eigenvalue weighted by atomic mass is 10.1. The van der Waals surface area contributed by atoms with E-state index in [9.17, 15) is 0 Å². The third-order valence-electron chi connectivity index (χ3n) is 3.11. The lowest BCUT2D eigenvalue weighted by molar-refractivity contribution is 0.885. The highest BCUT2D eigenvalue weighted by molar-refractivity contribution is 5.93. The summed E-state index contributed by atoms with van der Waals surface area (Å²) in [6.45, 7) is 0. The Morgan fingerprint density at radius 2 is 1.82 bits per heavy atom. The van der Waals surface area contributed by atoms with Gasteiger partial charge in [-0.15, -0.1) is 0 Å². The Morgan fingerprint density at radius 1 is 0.941 bits per heavy atom. The van der Waals surface area contributed by atoms with E-state index >= 15 is 0 Å². The van der Waals surface area contributed by atoms with Crippen molar-refractivity contribution in [2.45, 2.75) is 12.5 Å². The first-order valence-corrected chi connectivity index (χ1v) is 6.01. The van der Waals surface area contributed by atoms with Crippen molar-refractivity contribution in [1.82, 2.24) is 0 Å². The van der Waals surface area contributed by atoms with Gasteiger partial charge in [0.1, 0.15) is 0 Å². The van der Waals surface area contributed by atoms with Gasteiger partial charge < -0.3 is 5.32 Å². The molecule has 0 bridgehead atoms. The first-order valence-electron chi connectivity index (χ1n) is 6.01. The van der Waals surface area contributed by atoms with Crippen LogP contribution in [0.25, 0.3) is 10.8 Å². The third kappa shape index (κ3) is 2.09. The Balaban J connectivity index is 1.94. The molecule has 0 fully saturated rings. The minimum atomic E-state index is 0.408. The van der Waals surface area contributed by atoms with Gasteiger partial charge in [0.2, 0.25) is 0 Å². The van der Waals surface area contributed by atoms with E-state index < -0.39 is 0 Å². The van der Waals surface area contributed by atoms with Crippen LogP contribution in [0.1, 0.15) is 6.42 Å². The van der Waals surface area contributed by atoms with Crippen molar-refractivity contribution in [2.75, 3.05) is 5.32 Å². The summed E-state index contributed by atoms with van der Waals surface area (Å²) in [7, 11) is 0. The summed E-state index contributed by atoms with van der Waals surface area (Å²) in [6.07, 6.45) is 9.66. The van der Waals surface area contributed by atoms with E-state index in [1.165, 1.54) is 16.5 Å². The van der Waals surface area contributed by atoms with Crippen molar-refractivity contribution in [3.63, 3.8) is 0 Å². The van der Waals surface area contributed by atoms with Crippen molar-refractivity contribution in [2.24, 2.45) is 0 Å². The highest BCUT2D eigenvalue weighted by atomic mass is 14.9. The van der Waals surface area contributed by atoms with Crippen LogP contribution >= 0.6 is 0 Å². The Labute approximate surface area is 101 Å². The second-order valence-electron chi connectivity index (χ2n) is 4.33. The van der Waals surface area contributed by atoms with Crippen molar-refractivity contribution in [1.29, 1.82) is 0 Å². The van der Waals surface area contributed by atoms with E-state index in [-0.39, 0.29) is 0 Å². The van der Waals surface area contributed by atoms with E-state index in [1.807, 2.05) is 0 Å². The molecule has 1 N–H and O–H groups in total. The minimum Gasteiger partial charge on any atom is -0.378 e. The topological polar surface area (TPSA) is 12.0 Å². The minimum absolute atomic E-state index is 0.408. The Bertz CT molecular complexity index is 576. The molecule has 3 rings (SSSR count). The molecular formula is C16H15N. The zero-order valence-corrected chi connectivity index (χ0v) is 9.64. The molecule has 1 nitrogen and oxygen atoms in total. The molecule has 1 aliphatic carbocycles. The monoisotopic (exact) mass is 221 g/mol. The van der Waals surface area contributed by atoms with Crippen molar-refractivity contribution >= 4 is 16.5 Å². The predicted octanol–water partition coefficient (Wildman–Crippen LogP) is 4.14. The van der Waals surface area contributed by atoms with E-state index in [2.05, 4.69) is 72.1 Å². The average molecular weight is 221 g/mol. The predicted molar refractivity (Wildman–Crippen MR) is 74.3 cm³/mol. The quantitative estimate of drug-likeness (QED) is 0.803. The van der Waals surface area contributed by atoms with Crippen LogP contribution in [0, 0.1) is 0 Å². The maximum absolute atomic E-state index is 3.59. The van der Waals surface area contributed by atoms with E-state index in [1.54, 1.807) is 0 Å². The molecule has 1 heteroatoms. The van der Waals surface area contributed by atoms with Crippen LogP contribution in [-0.2, 0) is 0 Å². The summed E-state index contributed by atoms with van der Waals surface area (Å²) in [5.41, 5.74) is 1.22. The summed E-state index contributed by atoms with van der Waals surface area (Å²) in [5.74, 6) is 0. The van der Waals surface area contributed by atoms with Crippen LogP contribution in [0.2, 0.25) is 0 Å². The molecule has 1 aliphatic rings. The molecular weight excluding hydrogens is 206 g/mol. The second-order valence-corrected chi connectivity index (χ2v) is 4.33. The largest absolute Gasteiger partial charge is 0.378 e. The SMILES string of the molecule is C1=CCC(Nc2cccc3ccccc23)C=C1. The highest BCUT2D eigenvalue weighted by Crippen LogP contribution is 2.24. The van der Waals surface area contributed by atoms with Crippen LogP contribution in [0.15, 0.2) is 66.8 Å². The van der Waals surface area contributed by atoms with Crippen LogP contribution in [0.3, 0.4) is 0 Å². The molecule has 84 valence electrons. The molecule has 0 amide bonds. The van der Waals surface area contributed by atoms with Gasteiger partial charge in [0.05, 0.1) is 0 Å². The number of rotatable bonds is 2. The molecule has 0 aliphatic heterocycles. The molecule has 0 saturated carbocycles. The zero-order valence-electron chi connectivity index (χ0n) is 9.64. The van der Waals surface area contributed by atoms with Crippen molar-refractivity contribution in [3.8, 4) is 0 Å². The van der Waals surface area contributed by atoms with Crippen LogP contribution in [-0.4, -0.2) is 6.04 Å². The third-order valence-corrected chi connectivity index (χ3v) is 3.11. The molecule has 2 aromatic carbocycles. The molecule has 17 heavy (non-hydrogen) atoms. The lowest BCUT2D eigenvalue weighted by Gasteiger charge is -2.18. The van der Waals surface area contributed by atoms with Gasteiger partial charge in [-0.1, -0.05) is 60.7 Å². The first-order chi connectivity index (χ1) is 8.43. The number of hydrogen-bond acceptors (Lipinski definition) is 1. The van der Waals surface area contributed by atoms with Crippen LogP contribution in [0.4, 0.5) is 5.69 Å². The molecule has 1 unspecified atom stereocenters. The van der Waals surface area contributed by atoms with Gasteiger partial charge in [0, 0.05) is 17.1 Å². The number of benzene rings is 2. The fourth-order valence-corrected chi connectivity index (χ4v) is 2.24. The normalized spacial score (nSPS) is 18.5. The first kappa shape index (κ1) is 10.2. The van der Waals surface area contributed by atoms with E-state index in [0.29, 0.717) is 6.04 Å². The van der Waals surface area contributed by atoms with Gasteiger partial charge in [0.25, 0.3) is 0 Å². The van der Waals surface area contributed by atoms with Crippen molar-refractivity contribution in [3.05, 3.63) is 66.8 Å². The number of anilines is 1. The van der Waals surface area contributed by atoms with Crippen LogP contribution < -0.4 is 5.32 Å². The Kier molecular flexibility index (Phi) is 2.66. The van der Waals surface area contributed by atoms with Gasteiger partial charge in [-0.2, -0.15) is 0 Å². The number of allylic oxidation sites excluding steroid dienone is 2. The van der Waals surface area contributed by atoms with Gasteiger partial charge in [-0.05, 0) is 17.9 Å². The van der Waals surface area contributed by atoms with Gasteiger partial charge in [-0.25, -0.2) is 0 Å². The van der Waals surface area contributed by atoms with Crippen LogP contribution in [0.5, 0.6) is 0 Å². The second kappa shape index (κ2) is 4.46. The van der Waals surface area contributed by atoms with E-state index in [0.717, 1.165) is 6.42 Å². The summed E-state index contributed by atoms with van der Waals surface area (Å²) < 4.78 is 0.